The van der Waals surface area contributed by atoms with Crippen molar-refractivity contribution in [1.29, 1.82) is 0 Å². The van der Waals surface area contributed by atoms with E-state index in [2.05, 4.69) is 15.3 Å². The summed E-state index contributed by atoms with van der Waals surface area (Å²) in [6.45, 7) is 4.69. The summed E-state index contributed by atoms with van der Waals surface area (Å²) >= 11 is 1.58. The zero-order chi connectivity index (χ0) is 19.5. The number of likely N-dealkylation sites (tertiary alicyclic amines) is 1. The molecule has 1 atom stereocenters. The molecule has 1 unspecified atom stereocenters. The first-order chi connectivity index (χ1) is 13.6. The van der Waals surface area contributed by atoms with Gasteiger partial charge in [0.15, 0.2) is 0 Å². The zero-order valence-electron chi connectivity index (χ0n) is 16.1. The molecule has 4 rings (SSSR count). The van der Waals surface area contributed by atoms with Crippen molar-refractivity contribution in [3.05, 3.63) is 63.9 Å². The minimum atomic E-state index is 0.0134. The molecule has 1 amide bonds. The van der Waals surface area contributed by atoms with Gasteiger partial charge in [0, 0.05) is 17.6 Å². The molecule has 4 heterocycles. The van der Waals surface area contributed by atoms with Gasteiger partial charge in [-0.1, -0.05) is 12.1 Å². The minimum Gasteiger partial charge on any atom is -0.334 e. The summed E-state index contributed by atoms with van der Waals surface area (Å²) < 4.78 is 0. The Bertz CT molecular complexity index is 986. The number of nitrogens with zero attached hydrogens (tertiary/aromatic N) is 4. The quantitative estimate of drug-likeness (QED) is 0.703. The van der Waals surface area contributed by atoms with Gasteiger partial charge in [-0.25, -0.2) is 15.0 Å². The predicted molar refractivity (Wildman–Crippen MR) is 111 cm³/mol. The lowest BCUT2D eigenvalue weighted by molar-refractivity contribution is -0.131. The molecular weight excluding hydrogens is 370 g/mol. The summed E-state index contributed by atoms with van der Waals surface area (Å²) in [4.78, 5) is 28.5. The Balaban J connectivity index is 1.50. The Kier molecular flexibility index (Phi) is 5.34. The van der Waals surface area contributed by atoms with E-state index in [0.717, 1.165) is 53.1 Å². The third-order valence-corrected chi connectivity index (χ3v) is 5.65. The molecule has 1 saturated heterocycles. The SMILES string of the molecule is Cc1cccc(Nc2cccc(C3CCCN3C(=O)Cc3csc(C)n3)n2)n1. The van der Waals surface area contributed by atoms with Crippen LogP contribution in [-0.4, -0.2) is 32.3 Å². The van der Waals surface area contributed by atoms with Crippen molar-refractivity contribution in [3.8, 4) is 0 Å². The Morgan fingerprint density at radius 1 is 1.14 bits per heavy atom. The molecule has 0 bridgehead atoms. The Hall–Kier alpha value is -2.80. The van der Waals surface area contributed by atoms with Crippen molar-refractivity contribution in [2.45, 2.75) is 39.2 Å². The van der Waals surface area contributed by atoms with Gasteiger partial charge < -0.3 is 10.2 Å². The molecule has 3 aromatic heterocycles. The van der Waals surface area contributed by atoms with Crippen LogP contribution in [0.3, 0.4) is 0 Å². The smallest absolute Gasteiger partial charge is 0.229 e. The number of anilines is 2. The number of nitrogens with one attached hydrogen (secondary N) is 1. The van der Waals surface area contributed by atoms with Gasteiger partial charge in [0.25, 0.3) is 0 Å². The molecule has 0 spiro atoms. The van der Waals surface area contributed by atoms with E-state index in [1.165, 1.54) is 0 Å². The summed E-state index contributed by atoms with van der Waals surface area (Å²) in [5.41, 5.74) is 2.72. The van der Waals surface area contributed by atoms with Crippen molar-refractivity contribution < 1.29 is 4.79 Å². The van der Waals surface area contributed by atoms with Crippen molar-refractivity contribution in [2.24, 2.45) is 0 Å². The Morgan fingerprint density at radius 3 is 2.68 bits per heavy atom. The average molecular weight is 394 g/mol. The lowest BCUT2D eigenvalue weighted by Gasteiger charge is -2.24. The number of aryl methyl sites for hydroxylation is 2. The maximum absolute atomic E-state index is 12.9. The number of rotatable bonds is 5. The number of thiazole rings is 1. The van der Waals surface area contributed by atoms with Crippen LogP contribution in [0.2, 0.25) is 0 Å². The Labute approximate surface area is 168 Å². The van der Waals surface area contributed by atoms with Crippen molar-refractivity contribution in [3.63, 3.8) is 0 Å². The second-order valence-corrected chi connectivity index (χ2v) is 8.08. The minimum absolute atomic E-state index is 0.0134. The van der Waals surface area contributed by atoms with Crippen LogP contribution >= 0.6 is 11.3 Å². The third-order valence-electron chi connectivity index (χ3n) is 4.83. The van der Waals surface area contributed by atoms with Gasteiger partial charge >= 0.3 is 0 Å². The number of hydrogen-bond acceptors (Lipinski definition) is 6. The number of pyridine rings is 2. The fourth-order valence-corrected chi connectivity index (χ4v) is 4.18. The molecule has 144 valence electrons. The van der Waals surface area contributed by atoms with E-state index < -0.39 is 0 Å². The van der Waals surface area contributed by atoms with Crippen LogP contribution in [0.4, 0.5) is 11.6 Å². The Morgan fingerprint density at radius 2 is 1.93 bits per heavy atom. The van der Waals surface area contributed by atoms with Gasteiger partial charge in [-0.2, -0.15) is 0 Å². The standard InChI is InChI=1S/C21H23N5OS/c1-14-6-3-9-19(22-14)25-20-10-4-7-17(24-20)18-8-5-11-26(18)21(27)12-16-13-28-15(2)23-16/h3-4,6-7,9-10,13,18H,5,8,11-12H2,1-2H3,(H,22,24,25). The first-order valence-electron chi connectivity index (χ1n) is 9.46. The molecule has 3 aromatic rings. The molecule has 7 heteroatoms. The predicted octanol–water partition coefficient (Wildman–Crippen LogP) is 4.20. The van der Waals surface area contributed by atoms with Crippen molar-refractivity contribution in [1.82, 2.24) is 19.9 Å². The van der Waals surface area contributed by atoms with Crippen LogP contribution in [-0.2, 0) is 11.2 Å². The molecule has 0 aliphatic carbocycles. The van der Waals surface area contributed by atoms with Crippen molar-refractivity contribution in [2.75, 3.05) is 11.9 Å². The highest BCUT2D eigenvalue weighted by molar-refractivity contribution is 7.09. The lowest BCUT2D eigenvalue weighted by Crippen LogP contribution is -2.32. The van der Waals surface area contributed by atoms with E-state index in [0.29, 0.717) is 6.42 Å². The van der Waals surface area contributed by atoms with Crippen LogP contribution in [0, 0.1) is 13.8 Å². The highest BCUT2D eigenvalue weighted by Crippen LogP contribution is 2.32. The van der Waals surface area contributed by atoms with Crippen molar-refractivity contribution >= 4 is 28.9 Å². The molecule has 6 nitrogen and oxygen atoms in total. The van der Waals surface area contributed by atoms with E-state index in [1.807, 2.05) is 60.5 Å². The van der Waals surface area contributed by atoms with Crippen LogP contribution in [0.5, 0.6) is 0 Å². The third kappa shape index (κ3) is 4.20. The first-order valence-corrected chi connectivity index (χ1v) is 10.3. The fraction of sp³-hybridized carbons (Fsp3) is 0.333. The van der Waals surface area contributed by atoms with Gasteiger partial charge in [-0.3, -0.25) is 4.79 Å². The number of hydrogen-bond donors (Lipinski definition) is 1. The number of carbonyl (C=O) groups is 1. The second kappa shape index (κ2) is 8.06. The van der Waals surface area contributed by atoms with Crippen LogP contribution in [0.25, 0.3) is 0 Å². The fourth-order valence-electron chi connectivity index (χ4n) is 3.57. The molecular formula is C21H23N5OS. The van der Waals surface area contributed by atoms with Gasteiger partial charge in [-0.05, 0) is 51.0 Å². The van der Waals surface area contributed by atoms with E-state index in [1.54, 1.807) is 11.3 Å². The van der Waals surface area contributed by atoms with Crippen LogP contribution in [0.15, 0.2) is 41.8 Å². The molecule has 1 aliphatic rings. The monoisotopic (exact) mass is 393 g/mol. The normalized spacial score (nSPS) is 16.4. The molecule has 0 saturated carbocycles. The van der Waals surface area contributed by atoms with Crippen LogP contribution < -0.4 is 5.32 Å². The van der Waals surface area contributed by atoms with Gasteiger partial charge in [0.05, 0.1) is 28.9 Å². The molecule has 1 aliphatic heterocycles. The number of aromatic nitrogens is 3. The van der Waals surface area contributed by atoms with Crippen LogP contribution in [0.1, 0.15) is 41.0 Å². The summed E-state index contributed by atoms with van der Waals surface area (Å²) in [5.74, 6) is 1.63. The summed E-state index contributed by atoms with van der Waals surface area (Å²) in [6.07, 6.45) is 2.28. The lowest BCUT2D eigenvalue weighted by atomic mass is 10.1. The van der Waals surface area contributed by atoms with Gasteiger partial charge in [0.1, 0.15) is 11.6 Å². The van der Waals surface area contributed by atoms with E-state index in [-0.39, 0.29) is 11.9 Å². The van der Waals surface area contributed by atoms with Gasteiger partial charge in [-0.15, -0.1) is 11.3 Å². The summed E-state index contributed by atoms with van der Waals surface area (Å²) in [6, 6.07) is 11.8. The topological polar surface area (TPSA) is 71.0 Å². The maximum atomic E-state index is 12.9. The molecule has 0 aromatic carbocycles. The molecule has 28 heavy (non-hydrogen) atoms. The second-order valence-electron chi connectivity index (χ2n) is 7.02. The van der Waals surface area contributed by atoms with E-state index in [9.17, 15) is 4.79 Å². The van der Waals surface area contributed by atoms with E-state index in [4.69, 9.17) is 4.98 Å². The number of amides is 1. The molecule has 1 fully saturated rings. The first kappa shape index (κ1) is 18.6. The summed E-state index contributed by atoms with van der Waals surface area (Å²) in [5, 5.41) is 6.22. The van der Waals surface area contributed by atoms with Gasteiger partial charge in [0.2, 0.25) is 5.91 Å². The summed E-state index contributed by atoms with van der Waals surface area (Å²) in [7, 11) is 0. The van der Waals surface area contributed by atoms with E-state index >= 15 is 0 Å². The molecule has 1 N–H and O–H groups in total. The molecule has 0 radical (unpaired) electrons. The highest BCUT2D eigenvalue weighted by Gasteiger charge is 2.31. The highest BCUT2D eigenvalue weighted by atomic mass is 32.1. The average Bonchev–Trinajstić information content (AvgIpc) is 3.31. The maximum Gasteiger partial charge on any atom is 0.229 e. The number of carbonyl (C=O) groups excluding carboxylic acids is 1. The largest absolute Gasteiger partial charge is 0.334 e. The zero-order valence-corrected chi connectivity index (χ0v) is 16.9.